The van der Waals surface area contributed by atoms with Crippen LogP contribution in [0, 0.1) is 0 Å². The van der Waals surface area contributed by atoms with Crippen molar-refractivity contribution in [2.24, 2.45) is 5.10 Å². The fraction of sp³-hybridized carbons (Fsp3) is 0.111. The number of halogens is 1. The van der Waals surface area contributed by atoms with E-state index in [1.807, 2.05) is 55.5 Å². The topological polar surface area (TPSA) is 45.6 Å². The third-order valence-electron chi connectivity index (χ3n) is 3.07. The van der Waals surface area contributed by atoms with Crippen LogP contribution in [0.4, 0.5) is 5.69 Å². The third-order valence-corrected chi connectivity index (χ3v) is 3.51. The second-order valence-corrected chi connectivity index (χ2v) is 5.78. The standard InChI is InChI=1S/C18H18ClN3OS/c1-13(3-4-14-5-11-17(23-2)12-6-14)21-22-18(24)20-16-9-7-15(19)8-10-16/h3-12H,1-2H3,(H2,20,22,24)/b4-3-,21-13+. The Morgan fingerprint density at radius 1 is 1.12 bits per heavy atom. The van der Waals surface area contributed by atoms with Gasteiger partial charge in [-0.05, 0) is 67.2 Å². The Bertz CT molecular complexity index is 740. The van der Waals surface area contributed by atoms with Gasteiger partial charge in [0.05, 0.1) is 12.8 Å². The van der Waals surface area contributed by atoms with E-state index in [0.29, 0.717) is 10.1 Å². The maximum Gasteiger partial charge on any atom is 0.191 e. The minimum absolute atomic E-state index is 0.412. The Labute approximate surface area is 152 Å². The van der Waals surface area contributed by atoms with E-state index in [1.165, 1.54) is 0 Å². The second kappa shape index (κ2) is 9.05. The summed E-state index contributed by atoms with van der Waals surface area (Å²) in [5, 5.41) is 8.33. The first-order valence-corrected chi connectivity index (χ1v) is 8.04. The number of hydrogen-bond acceptors (Lipinski definition) is 3. The molecule has 2 aromatic carbocycles. The predicted octanol–water partition coefficient (Wildman–Crippen LogP) is 4.72. The first kappa shape index (κ1) is 18.0. The molecule has 6 heteroatoms. The highest BCUT2D eigenvalue weighted by Gasteiger charge is 1.96. The van der Waals surface area contributed by atoms with Crippen LogP contribution < -0.4 is 15.5 Å². The van der Waals surface area contributed by atoms with Crippen LogP contribution in [0.1, 0.15) is 12.5 Å². The summed E-state index contributed by atoms with van der Waals surface area (Å²) in [4.78, 5) is 0. The summed E-state index contributed by atoms with van der Waals surface area (Å²) >= 11 is 11.0. The number of hydrogen-bond donors (Lipinski definition) is 2. The lowest BCUT2D eigenvalue weighted by Gasteiger charge is -2.07. The van der Waals surface area contributed by atoms with Crippen molar-refractivity contribution in [2.75, 3.05) is 12.4 Å². The molecule has 2 rings (SSSR count). The van der Waals surface area contributed by atoms with Crippen molar-refractivity contribution in [1.82, 2.24) is 5.43 Å². The lowest BCUT2D eigenvalue weighted by Crippen LogP contribution is -2.24. The van der Waals surface area contributed by atoms with Crippen LogP contribution in [0.15, 0.2) is 59.7 Å². The number of rotatable bonds is 5. The minimum atomic E-state index is 0.412. The summed E-state index contributed by atoms with van der Waals surface area (Å²) in [6.45, 7) is 1.89. The lowest BCUT2D eigenvalue weighted by atomic mass is 10.2. The number of thiocarbonyl (C=S) groups is 1. The molecule has 0 aliphatic rings. The van der Waals surface area contributed by atoms with E-state index in [2.05, 4.69) is 15.8 Å². The Morgan fingerprint density at radius 3 is 2.42 bits per heavy atom. The lowest BCUT2D eigenvalue weighted by molar-refractivity contribution is 0.415. The van der Waals surface area contributed by atoms with Crippen LogP contribution in [0.5, 0.6) is 5.75 Å². The normalized spacial score (nSPS) is 11.4. The molecule has 0 saturated heterocycles. The van der Waals surface area contributed by atoms with Crippen LogP contribution in [0.25, 0.3) is 6.08 Å². The van der Waals surface area contributed by atoms with E-state index in [1.54, 1.807) is 19.2 Å². The van der Waals surface area contributed by atoms with Gasteiger partial charge in [-0.25, -0.2) is 0 Å². The largest absolute Gasteiger partial charge is 0.497 e. The van der Waals surface area contributed by atoms with Crippen LogP contribution >= 0.6 is 23.8 Å². The molecule has 24 heavy (non-hydrogen) atoms. The average molecular weight is 360 g/mol. The van der Waals surface area contributed by atoms with Crippen molar-refractivity contribution in [3.8, 4) is 5.75 Å². The van der Waals surface area contributed by atoms with Crippen LogP contribution in [0.2, 0.25) is 5.02 Å². The molecule has 0 aliphatic carbocycles. The summed E-state index contributed by atoms with van der Waals surface area (Å²) < 4.78 is 5.13. The fourth-order valence-electron chi connectivity index (χ4n) is 1.80. The Balaban J connectivity index is 1.86. The minimum Gasteiger partial charge on any atom is -0.497 e. The van der Waals surface area contributed by atoms with Crippen molar-refractivity contribution < 1.29 is 4.74 Å². The molecule has 0 unspecified atom stereocenters. The van der Waals surface area contributed by atoms with E-state index in [-0.39, 0.29) is 0 Å². The fourth-order valence-corrected chi connectivity index (χ4v) is 2.09. The van der Waals surface area contributed by atoms with E-state index >= 15 is 0 Å². The summed E-state index contributed by atoms with van der Waals surface area (Å²) in [7, 11) is 1.65. The van der Waals surface area contributed by atoms with Gasteiger partial charge >= 0.3 is 0 Å². The van der Waals surface area contributed by atoms with Gasteiger partial charge in [-0.1, -0.05) is 29.8 Å². The van der Waals surface area contributed by atoms with Gasteiger partial charge in [-0.15, -0.1) is 0 Å². The summed E-state index contributed by atoms with van der Waals surface area (Å²) in [5.41, 5.74) is 5.51. The highest BCUT2D eigenvalue weighted by atomic mass is 35.5. The van der Waals surface area contributed by atoms with E-state index < -0.39 is 0 Å². The molecule has 0 radical (unpaired) electrons. The number of hydrazone groups is 1. The highest BCUT2D eigenvalue weighted by molar-refractivity contribution is 7.80. The SMILES string of the molecule is COc1ccc(/C=C\C(C)=N\NC(=S)Nc2ccc(Cl)cc2)cc1. The van der Waals surface area contributed by atoms with Crippen molar-refractivity contribution >= 4 is 46.4 Å². The number of nitrogens with zero attached hydrogens (tertiary/aromatic N) is 1. The predicted molar refractivity (Wildman–Crippen MR) is 106 cm³/mol. The van der Waals surface area contributed by atoms with E-state index in [0.717, 1.165) is 22.7 Å². The van der Waals surface area contributed by atoms with Gasteiger partial charge in [0.15, 0.2) is 5.11 Å². The third kappa shape index (κ3) is 6.02. The van der Waals surface area contributed by atoms with Crippen molar-refractivity contribution in [3.05, 3.63) is 65.2 Å². The molecule has 0 amide bonds. The smallest absolute Gasteiger partial charge is 0.191 e. The monoisotopic (exact) mass is 359 g/mol. The molecule has 2 aromatic rings. The molecule has 0 atom stereocenters. The Morgan fingerprint density at radius 2 is 1.79 bits per heavy atom. The summed E-state index contributed by atoms with van der Waals surface area (Å²) in [6, 6.07) is 15.0. The zero-order chi connectivity index (χ0) is 17.4. The number of nitrogens with one attached hydrogen (secondary N) is 2. The molecule has 0 heterocycles. The maximum absolute atomic E-state index is 5.84. The number of benzene rings is 2. The first-order valence-electron chi connectivity index (χ1n) is 7.26. The molecule has 0 spiro atoms. The molecular formula is C18H18ClN3OS. The first-order chi connectivity index (χ1) is 11.6. The number of anilines is 1. The highest BCUT2D eigenvalue weighted by Crippen LogP contribution is 2.13. The second-order valence-electron chi connectivity index (χ2n) is 4.93. The number of allylic oxidation sites excluding steroid dienone is 1. The summed E-state index contributed by atoms with van der Waals surface area (Å²) in [6.07, 6.45) is 3.87. The molecule has 124 valence electrons. The molecule has 0 aliphatic heterocycles. The Hall–Kier alpha value is -2.37. The van der Waals surface area contributed by atoms with Gasteiger partial charge in [0.25, 0.3) is 0 Å². The van der Waals surface area contributed by atoms with Crippen molar-refractivity contribution in [3.63, 3.8) is 0 Å². The molecule has 0 aromatic heterocycles. The van der Waals surface area contributed by atoms with Gasteiger partial charge in [-0.2, -0.15) is 5.10 Å². The van der Waals surface area contributed by atoms with Gasteiger partial charge in [-0.3, -0.25) is 5.43 Å². The molecule has 2 N–H and O–H groups in total. The molecule has 0 saturated carbocycles. The zero-order valence-electron chi connectivity index (χ0n) is 13.4. The molecule has 0 fully saturated rings. The van der Waals surface area contributed by atoms with Gasteiger partial charge in [0.1, 0.15) is 5.75 Å². The van der Waals surface area contributed by atoms with Crippen LogP contribution in [-0.4, -0.2) is 17.9 Å². The van der Waals surface area contributed by atoms with Crippen LogP contribution in [0.3, 0.4) is 0 Å². The average Bonchev–Trinajstić information content (AvgIpc) is 2.60. The maximum atomic E-state index is 5.84. The van der Waals surface area contributed by atoms with E-state index in [9.17, 15) is 0 Å². The summed E-state index contributed by atoms with van der Waals surface area (Å²) in [5.74, 6) is 0.831. The van der Waals surface area contributed by atoms with Crippen molar-refractivity contribution in [2.45, 2.75) is 6.92 Å². The number of ether oxygens (including phenoxy) is 1. The number of methoxy groups -OCH3 is 1. The molecule has 0 bridgehead atoms. The Kier molecular flexibility index (Phi) is 6.78. The van der Waals surface area contributed by atoms with Gasteiger partial charge < -0.3 is 10.1 Å². The molecule has 4 nitrogen and oxygen atoms in total. The van der Waals surface area contributed by atoms with Gasteiger partial charge in [0.2, 0.25) is 0 Å². The van der Waals surface area contributed by atoms with E-state index in [4.69, 9.17) is 28.6 Å². The zero-order valence-corrected chi connectivity index (χ0v) is 15.0. The van der Waals surface area contributed by atoms with Gasteiger partial charge in [0, 0.05) is 10.7 Å². The molecular weight excluding hydrogens is 342 g/mol. The van der Waals surface area contributed by atoms with Crippen LogP contribution in [-0.2, 0) is 0 Å². The quantitative estimate of drug-likeness (QED) is 0.460. The van der Waals surface area contributed by atoms with Crippen molar-refractivity contribution in [1.29, 1.82) is 0 Å².